The zero-order valence-electron chi connectivity index (χ0n) is 15.6. The molecule has 2 aliphatic rings. The van der Waals surface area contributed by atoms with Crippen LogP contribution in [0.15, 0.2) is 23.3 Å². The van der Waals surface area contributed by atoms with Crippen LogP contribution < -0.4 is 16.4 Å². The number of aliphatic imine (C=N–C) groups is 1. The number of guanidine groups is 1. The van der Waals surface area contributed by atoms with Crippen molar-refractivity contribution in [3.05, 3.63) is 23.9 Å². The molecule has 3 heterocycles. The van der Waals surface area contributed by atoms with E-state index in [4.69, 9.17) is 11.5 Å². The van der Waals surface area contributed by atoms with Crippen molar-refractivity contribution in [1.82, 2.24) is 9.88 Å². The molecule has 0 radical (unpaired) electrons. The normalized spacial score (nSPS) is 22.5. The topological polar surface area (TPSA) is 101 Å². The van der Waals surface area contributed by atoms with Crippen molar-refractivity contribution in [2.75, 3.05) is 31.1 Å². The van der Waals surface area contributed by atoms with Crippen molar-refractivity contribution in [1.29, 1.82) is 0 Å². The average molecular weight is 358 g/mol. The first-order chi connectivity index (χ1) is 12.5. The van der Waals surface area contributed by atoms with E-state index in [0.29, 0.717) is 19.0 Å². The zero-order valence-corrected chi connectivity index (χ0v) is 15.6. The maximum Gasteiger partial charge on any atom is 0.222 e. The molecule has 7 heteroatoms. The second kappa shape index (κ2) is 8.38. The number of carbonyl (C=O) groups excluding carboxylic acids is 1. The second-order valence-electron chi connectivity index (χ2n) is 7.52. The largest absolute Gasteiger partial charge is 0.370 e. The number of piperidine rings is 2. The SMILES string of the molecule is CC1CCN(C(N)=NCc2cccnc2N2CCCC(C(N)=O)C2)CC1. The van der Waals surface area contributed by atoms with E-state index in [1.165, 1.54) is 0 Å². The van der Waals surface area contributed by atoms with Crippen molar-refractivity contribution >= 4 is 17.7 Å². The van der Waals surface area contributed by atoms with Crippen molar-refractivity contribution in [3.8, 4) is 0 Å². The van der Waals surface area contributed by atoms with Gasteiger partial charge in [-0.1, -0.05) is 13.0 Å². The number of rotatable bonds is 4. The molecular formula is C19H30N6O. The standard InChI is InChI=1S/C19H30N6O/c1-14-6-10-24(11-7-14)19(21)23-12-15-4-2-8-22-18(15)25-9-3-5-16(13-25)17(20)26/h2,4,8,14,16H,3,5-7,9-13H2,1H3,(H2,20,26)(H2,21,23). The Morgan fingerprint density at radius 2 is 2.04 bits per heavy atom. The van der Waals surface area contributed by atoms with Crippen molar-refractivity contribution in [2.45, 2.75) is 39.2 Å². The van der Waals surface area contributed by atoms with Gasteiger partial charge < -0.3 is 21.3 Å². The summed E-state index contributed by atoms with van der Waals surface area (Å²) in [6.45, 7) is 6.24. The molecule has 0 aliphatic carbocycles. The van der Waals surface area contributed by atoms with Crippen LogP contribution in [0.25, 0.3) is 0 Å². The summed E-state index contributed by atoms with van der Waals surface area (Å²) in [5, 5.41) is 0. The van der Waals surface area contributed by atoms with E-state index in [-0.39, 0.29) is 11.8 Å². The minimum absolute atomic E-state index is 0.109. The van der Waals surface area contributed by atoms with Crippen molar-refractivity contribution < 1.29 is 4.79 Å². The summed E-state index contributed by atoms with van der Waals surface area (Å²) >= 11 is 0. The highest BCUT2D eigenvalue weighted by Crippen LogP contribution is 2.25. The lowest BCUT2D eigenvalue weighted by molar-refractivity contribution is -0.122. The first-order valence-corrected chi connectivity index (χ1v) is 9.57. The van der Waals surface area contributed by atoms with Gasteiger partial charge in [0.2, 0.25) is 5.91 Å². The van der Waals surface area contributed by atoms with Crippen LogP contribution in [0.2, 0.25) is 0 Å². The van der Waals surface area contributed by atoms with Crippen LogP contribution in [0.4, 0.5) is 5.82 Å². The molecule has 1 unspecified atom stereocenters. The molecular weight excluding hydrogens is 328 g/mol. The van der Waals surface area contributed by atoms with Gasteiger partial charge in [0, 0.05) is 37.9 Å². The zero-order chi connectivity index (χ0) is 18.5. The Labute approximate surface area is 155 Å². The molecule has 0 spiro atoms. The molecule has 2 fully saturated rings. The third kappa shape index (κ3) is 4.45. The molecule has 0 bridgehead atoms. The molecule has 2 aliphatic heterocycles. The minimum atomic E-state index is -0.228. The highest BCUT2D eigenvalue weighted by Gasteiger charge is 2.26. The molecule has 4 N–H and O–H groups in total. The number of nitrogens with two attached hydrogens (primary N) is 2. The molecule has 0 saturated carbocycles. The molecule has 3 rings (SSSR count). The number of primary amides is 1. The summed E-state index contributed by atoms with van der Waals surface area (Å²) in [5.74, 6) is 1.93. The summed E-state index contributed by atoms with van der Waals surface area (Å²) in [6, 6.07) is 3.95. The number of aromatic nitrogens is 1. The first kappa shape index (κ1) is 18.5. The van der Waals surface area contributed by atoms with Gasteiger partial charge in [0.1, 0.15) is 5.82 Å². The Morgan fingerprint density at radius 3 is 2.77 bits per heavy atom. The number of hydrogen-bond acceptors (Lipinski definition) is 4. The molecule has 2 saturated heterocycles. The lowest BCUT2D eigenvalue weighted by atomic mass is 9.97. The Morgan fingerprint density at radius 1 is 1.27 bits per heavy atom. The van der Waals surface area contributed by atoms with Gasteiger partial charge in [-0.2, -0.15) is 0 Å². The van der Waals surface area contributed by atoms with Gasteiger partial charge in [0.05, 0.1) is 12.5 Å². The second-order valence-corrected chi connectivity index (χ2v) is 7.52. The fourth-order valence-electron chi connectivity index (χ4n) is 3.74. The van der Waals surface area contributed by atoms with Crippen LogP contribution in [0.5, 0.6) is 0 Å². The van der Waals surface area contributed by atoms with Gasteiger partial charge in [-0.3, -0.25) is 4.79 Å². The molecule has 142 valence electrons. The monoisotopic (exact) mass is 358 g/mol. The average Bonchev–Trinajstić information content (AvgIpc) is 2.67. The van der Waals surface area contributed by atoms with E-state index in [2.05, 4.69) is 26.7 Å². The van der Waals surface area contributed by atoms with Gasteiger partial charge >= 0.3 is 0 Å². The summed E-state index contributed by atoms with van der Waals surface area (Å²) in [5.41, 5.74) is 12.8. The number of nitrogens with zero attached hydrogens (tertiary/aromatic N) is 4. The highest BCUT2D eigenvalue weighted by molar-refractivity contribution is 5.78. The molecule has 7 nitrogen and oxygen atoms in total. The minimum Gasteiger partial charge on any atom is -0.370 e. The number of anilines is 1. The molecule has 1 atom stereocenters. The molecule has 0 aromatic carbocycles. The van der Waals surface area contributed by atoms with Crippen molar-refractivity contribution in [2.24, 2.45) is 28.3 Å². The van der Waals surface area contributed by atoms with Crippen LogP contribution >= 0.6 is 0 Å². The summed E-state index contributed by atoms with van der Waals surface area (Å²) < 4.78 is 0. The fraction of sp³-hybridized carbons (Fsp3) is 0.632. The van der Waals surface area contributed by atoms with Gasteiger partial charge in [-0.05, 0) is 37.7 Å². The predicted octanol–water partition coefficient (Wildman–Crippen LogP) is 1.33. The van der Waals surface area contributed by atoms with Crippen LogP contribution in [0, 0.1) is 11.8 Å². The lowest BCUT2D eigenvalue weighted by Gasteiger charge is -2.33. The number of carbonyl (C=O) groups is 1. The number of hydrogen-bond donors (Lipinski definition) is 2. The Bertz CT molecular complexity index is 653. The van der Waals surface area contributed by atoms with Gasteiger partial charge in [0.25, 0.3) is 0 Å². The third-order valence-corrected chi connectivity index (χ3v) is 5.51. The maximum atomic E-state index is 11.6. The van der Waals surface area contributed by atoms with Crippen molar-refractivity contribution in [3.63, 3.8) is 0 Å². The van der Waals surface area contributed by atoms with E-state index in [9.17, 15) is 4.79 Å². The van der Waals surface area contributed by atoms with Crippen LogP contribution in [0.3, 0.4) is 0 Å². The highest BCUT2D eigenvalue weighted by atomic mass is 16.1. The lowest BCUT2D eigenvalue weighted by Crippen LogP contribution is -2.42. The molecule has 1 amide bonds. The number of amides is 1. The van der Waals surface area contributed by atoms with Crippen LogP contribution in [-0.2, 0) is 11.3 Å². The number of pyridine rings is 1. The molecule has 1 aromatic heterocycles. The van der Waals surface area contributed by atoms with E-state index in [1.54, 1.807) is 6.20 Å². The number of likely N-dealkylation sites (tertiary alicyclic amines) is 1. The van der Waals surface area contributed by atoms with E-state index in [1.807, 2.05) is 12.1 Å². The Balaban J connectivity index is 1.69. The Hall–Kier alpha value is -2.31. The smallest absolute Gasteiger partial charge is 0.222 e. The molecule has 26 heavy (non-hydrogen) atoms. The van der Waals surface area contributed by atoms with Gasteiger partial charge in [0.15, 0.2) is 5.96 Å². The third-order valence-electron chi connectivity index (χ3n) is 5.51. The van der Waals surface area contributed by atoms with Gasteiger partial charge in [-0.25, -0.2) is 9.98 Å². The van der Waals surface area contributed by atoms with E-state index in [0.717, 1.165) is 62.6 Å². The predicted molar refractivity (Wildman–Crippen MR) is 104 cm³/mol. The van der Waals surface area contributed by atoms with E-state index < -0.39 is 0 Å². The maximum absolute atomic E-state index is 11.6. The first-order valence-electron chi connectivity index (χ1n) is 9.57. The fourth-order valence-corrected chi connectivity index (χ4v) is 3.74. The Kier molecular flexibility index (Phi) is 5.96. The summed E-state index contributed by atoms with van der Waals surface area (Å²) in [6.07, 6.45) is 5.91. The van der Waals surface area contributed by atoms with E-state index >= 15 is 0 Å². The van der Waals surface area contributed by atoms with Crippen LogP contribution in [0.1, 0.15) is 38.2 Å². The quantitative estimate of drug-likeness (QED) is 0.625. The summed E-state index contributed by atoms with van der Waals surface area (Å²) in [4.78, 5) is 25.0. The summed E-state index contributed by atoms with van der Waals surface area (Å²) in [7, 11) is 0. The molecule has 1 aromatic rings. The van der Waals surface area contributed by atoms with Gasteiger partial charge in [-0.15, -0.1) is 0 Å². The van der Waals surface area contributed by atoms with Crippen LogP contribution in [-0.4, -0.2) is 47.9 Å².